The Morgan fingerprint density at radius 3 is 2.30 bits per heavy atom. The fourth-order valence-corrected chi connectivity index (χ4v) is 5.50. The third-order valence-electron chi connectivity index (χ3n) is 5.84. The molecule has 0 atom stereocenters. The van der Waals surface area contributed by atoms with Crippen LogP contribution in [-0.2, 0) is 19.5 Å². The van der Waals surface area contributed by atoms with Crippen LogP contribution >= 0.6 is 0 Å². The average molecular weight is 469 g/mol. The van der Waals surface area contributed by atoms with E-state index in [4.69, 9.17) is 9.47 Å². The van der Waals surface area contributed by atoms with E-state index in [-0.39, 0.29) is 10.8 Å². The maximum atomic E-state index is 13.5. The maximum absolute atomic E-state index is 13.5. The Morgan fingerprint density at radius 1 is 0.879 bits per heavy atom. The minimum Gasteiger partial charge on any atom is -0.379 e. The van der Waals surface area contributed by atoms with Gasteiger partial charge in [0, 0.05) is 37.8 Å². The van der Waals surface area contributed by atoms with Gasteiger partial charge in [-0.1, -0.05) is 6.07 Å². The molecule has 2 saturated heterocycles. The number of hydrogen-bond acceptors (Lipinski definition) is 7. The summed E-state index contributed by atoms with van der Waals surface area (Å²) in [4.78, 5) is 24.4. The summed E-state index contributed by atoms with van der Waals surface area (Å²) in [5.74, 6) is -0.177. The quantitative estimate of drug-likeness (QED) is 0.575. The van der Waals surface area contributed by atoms with E-state index in [9.17, 15) is 13.2 Å². The minimum atomic E-state index is -3.71. The molecule has 0 spiro atoms. The SMILES string of the molecule is O=C(c1cc(-c2ccccn2)nc2ccc(S(=O)(=O)N3CCOCC3)cc12)N1CCOCC1. The molecule has 2 aliphatic heterocycles. The molecule has 2 aliphatic rings. The van der Waals surface area contributed by atoms with Crippen LogP contribution in [0.2, 0.25) is 0 Å². The molecule has 0 radical (unpaired) electrons. The van der Waals surface area contributed by atoms with Crippen LogP contribution in [-0.4, -0.2) is 86.1 Å². The number of ether oxygens (including phenoxy) is 2. The van der Waals surface area contributed by atoms with Crippen molar-refractivity contribution in [2.24, 2.45) is 0 Å². The Bertz CT molecular complexity index is 1270. The number of carbonyl (C=O) groups is 1. The highest BCUT2D eigenvalue weighted by Crippen LogP contribution is 2.28. The third kappa shape index (κ3) is 4.34. The Kier molecular flexibility index (Phi) is 6.07. The summed E-state index contributed by atoms with van der Waals surface area (Å²) in [5.41, 5.74) is 2.14. The molecule has 0 bridgehead atoms. The summed E-state index contributed by atoms with van der Waals surface area (Å²) in [6.07, 6.45) is 1.67. The van der Waals surface area contributed by atoms with Crippen molar-refractivity contribution in [2.75, 3.05) is 52.6 Å². The number of rotatable bonds is 4. The predicted octanol–water partition coefficient (Wildman–Crippen LogP) is 1.79. The van der Waals surface area contributed by atoms with Crippen molar-refractivity contribution in [1.29, 1.82) is 0 Å². The number of nitrogens with zero attached hydrogens (tertiary/aromatic N) is 4. The van der Waals surface area contributed by atoms with E-state index >= 15 is 0 Å². The largest absolute Gasteiger partial charge is 0.379 e. The van der Waals surface area contributed by atoms with Gasteiger partial charge in [-0.15, -0.1) is 0 Å². The van der Waals surface area contributed by atoms with Gasteiger partial charge in [0.05, 0.1) is 53.8 Å². The van der Waals surface area contributed by atoms with Crippen molar-refractivity contribution < 1.29 is 22.7 Å². The number of sulfonamides is 1. The summed E-state index contributed by atoms with van der Waals surface area (Å²) in [6.45, 7) is 3.23. The van der Waals surface area contributed by atoms with E-state index in [0.717, 1.165) is 0 Å². The second kappa shape index (κ2) is 9.14. The van der Waals surface area contributed by atoms with Gasteiger partial charge >= 0.3 is 0 Å². The first-order valence-corrected chi connectivity index (χ1v) is 12.3. The number of benzene rings is 1. The highest BCUT2D eigenvalue weighted by molar-refractivity contribution is 7.89. The molecule has 2 fully saturated rings. The van der Waals surface area contributed by atoms with Crippen LogP contribution in [0, 0.1) is 0 Å². The van der Waals surface area contributed by atoms with E-state index in [1.807, 2.05) is 18.2 Å². The van der Waals surface area contributed by atoms with Gasteiger partial charge in [-0.3, -0.25) is 9.78 Å². The van der Waals surface area contributed by atoms with Crippen molar-refractivity contribution in [3.63, 3.8) is 0 Å². The Balaban J connectivity index is 1.64. The van der Waals surface area contributed by atoms with E-state index in [1.54, 1.807) is 35.4 Å². The van der Waals surface area contributed by atoms with Gasteiger partial charge in [0.2, 0.25) is 10.0 Å². The molecule has 9 nitrogen and oxygen atoms in total. The van der Waals surface area contributed by atoms with Crippen LogP contribution in [0.25, 0.3) is 22.3 Å². The second-order valence-corrected chi connectivity index (χ2v) is 9.81. The zero-order chi connectivity index (χ0) is 22.8. The molecule has 0 aliphatic carbocycles. The first kappa shape index (κ1) is 21.9. The van der Waals surface area contributed by atoms with Gasteiger partial charge in [-0.2, -0.15) is 4.31 Å². The highest BCUT2D eigenvalue weighted by Gasteiger charge is 2.28. The van der Waals surface area contributed by atoms with E-state index in [0.29, 0.717) is 80.5 Å². The Hall–Kier alpha value is -2.92. The lowest BCUT2D eigenvalue weighted by Gasteiger charge is -2.28. The third-order valence-corrected chi connectivity index (χ3v) is 7.74. The molecule has 5 rings (SSSR count). The molecule has 33 heavy (non-hydrogen) atoms. The Morgan fingerprint density at radius 2 is 1.61 bits per heavy atom. The van der Waals surface area contributed by atoms with Gasteiger partial charge in [-0.05, 0) is 36.4 Å². The number of aromatic nitrogens is 2. The summed E-state index contributed by atoms with van der Waals surface area (Å²) in [7, 11) is -3.71. The second-order valence-electron chi connectivity index (χ2n) is 7.87. The molecule has 2 aromatic heterocycles. The summed E-state index contributed by atoms with van der Waals surface area (Å²) in [6, 6.07) is 12.0. The Labute approximate surface area is 192 Å². The molecule has 1 amide bonds. The number of amides is 1. The normalized spacial score (nSPS) is 17.9. The van der Waals surface area contributed by atoms with Crippen LogP contribution in [0.15, 0.2) is 53.6 Å². The molecule has 0 saturated carbocycles. The highest BCUT2D eigenvalue weighted by atomic mass is 32.2. The number of hydrogen-bond donors (Lipinski definition) is 0. The van der Waals surface area contributed by atoms with Crippen molar-refractivity contribution in [2.45, 2.75) is 4.90 Å². The molecular weight excluding hydrogens is 444 g/mol. The lowest BCUT2D eigenvalue weighted by Crippen LogP contribution is -2.41. The minimum absolute atomic E-state index is 0.139. The van der Waals surface area contributed by atoms with Crippen LogP contribution in [0.3, 0.4) is 0 Å². The van der Waals surface area contributed by atoms with Gasteiger partial charge in [-0.25, -0.2) is 13.4 Å². The van der Waals surface area contributed by atoms with Gasteiger partial charge < -0.3 is 14.4 Å². The molecule has 0 N–H and O–H groups in total. The average Bonchev–Trinajstić information content (AvgIpc) is 2.89. The fourth-order valence-electron chi connectivity index (χ4n) is 4.06. The lowest BCUT2D eigenvalue weighted by molar-refractivity contribution is 0.0304. The van der Waals surface area contributed by atoms with Crippen LogP contribution < -0.4 is 0 Å². The zero-order valence-corrected chi connectivity index (χ0v) is 18.8. The fraction of sp³-hybridized carbons (Fsp3) is 0.348. The predicted molar refractivity (Wildman–Crippen MR) is 121 cm³/mol. The van der Waals surface area contributed by atoms with Gasteiger partial charge in [0.15, 0.2) is 0 Å². The first-order valence-electron chi connectivity index (χ1n) is 10.9. The first-order chi connectivity index (χ1) is 16.0. The monoisotopic (exact) mass is 468 g/mol. The van der Waals surface area contributed by atoms with Crippen LogP contribution in [0.1, 0.15) is 10.4 Å². The lowest BCUT2D eigenvalue weighted by atomic mass is 10.0. The molecule has 0 unspecified atom stereocenters. The van der Waals surface area contributed by atoms with E-state index in [1.165, 1.54) is 4.31 Å². The zero-order valence-electron chi connectivity index (χ0n) is 18.0. The van der Waals surface area contributed by atoms with Crippen LogP contribution in [0.4, 0.5) is 0 Å². The summed E-state index contributed by atoms with van der Waals surface area (Å²) >= 11 is 0. The number of pyridine rings is 2. The van der Waals surface area contributed by atoms with Crippen molar-refractivity contribution in [3.8, 4) is 11.4 Å². The molecule has 4 heterocycles. The topological polar surface area (TPSA) is 102 Å². The molecule has 3 aromatic rings. The maximum Gasteiger partial charge on any atom is 0.254 e. The van der Waals surface area contributed by atoms with Gasteiger partial charge in [0.1, 0.15) is 0 Å². The molecule has 1 aromatic carbocycles. The number of carbonyl (C=O) groups excluding carboxylic acids is 1. The number of fused-ring (bicyclic) bond motifs is 1. The van der Waals surface area contributed by atoms with Gasteiger partial charge in [0.25, 0.3) is 5.91 Å². The molecular formula is C23H24N4O5S. The summed E-state index contributed by atoms with van der Waals surface area (Å²) < 4.78 is 38.6. The standard InChI is InChI=1S/C23H24N4O5S/c28-23(26-7-11-31-12-8-26)19-16-22(21-3-1-2-6-24-21)25-20-5-4-17(15-18(19)20)33(29,30)27-9-13-32-14-10-27/h1-6,15-16H,7-14H2. The van der Waals surface area contributed by atoms with E-state index in [2.05, 4.69) is 9.97 Å². The molecule has 172 valence electrons. The van der Waals surface area contributed by atoms with Crippen molar-refractivity contribution in [3.05, 3.63) is 54.2 Å². The smallest absolute Gasteiger partial charge is 0.254 e. The van der Waals surface area contributed by atoms with Crippen molar-refractivity contribution >= 4 is 26.8 Å². The number of morpholine rings is 2. The van der Waals surface area contributed by atoms with E-state index < -0.39 is 10.0 Å². The van der Waals surface area contributed by atoms with Crippen molar-refractivity contribution in [1.82, 2.24) is 19.2 Å². The summed E-state index contributed by atoms with van der Waals surface area (Å²) in [5, 5.41) is 0.500. The molecule has 10 heteroatoms. The van der Waals surface area contributed by atoms with Crippen LogP contribution in [0.5, 0.6) is 0 Å².